The molecule has 100 valence electrons. The highest BCUT2D eigenvalue weighted by molar-refractivity contribution is 5.83. The number of hydrogen-bond acceptors (Lipinski definition) is 3. The van der Waals surface area contributed by atoms with E-state index in [-0.39, 0.29) is 11.9 Å². The summed E-state index contributed by atoms with van der Waals surface area (Å²) < 4.78 is 5.20. The van der Waals surface area contributed by atoms with Crippen molar-refractivity contribution in [3.63, 3.8) is 0 Å². The number of likely N-dealkylation sites (N-methyl/N-ethyl adjacent to an activating group) is 1. The molecule has 1 N–H and O–H groups in total. The van der Waals surface area contributed by atoms with Crippen molar-refractivity contribution in [1.82, 2.24) is 10.2 Å². The molecule has 0 saturated carbocycles. The van der Waals surface area contributed by atoms with Gasteiger partial charge in [0, 0.05) is 0 Å². The molecule has 4 heteroatoms. The van der Waals surface area contributed by atoms with E-state index < -0.39 is 0 Å². The predicted molar refractivity (Wildman–Crippen MR) is 73.4 cm³/mol. The first-order valence-corrected chi connectivity index (χ1v) is 6.20. The molecular formula is C15H18N2O2. The minimum atomic E-state index is -0.295. The molecule has 1 amide bonds. The molecule has 2 aromatic rings. The average molecular weight is 258 g/mol. The van der Waals surface area contributed by atoms with Crippen molar-refractivity contribution >= 4 is 5.91 Å². The molecule has 0 bridgehead atoms. The van der Waals surface area contributed by atoms with Crippen molar-refractivity contribution in [1.29, 1.82) is 0 Å². The molecule has 4 nitrogen and oxygen atoms in total. The van der Waals surface area contributed by atoms with Gasteiger partial charge in [-0.1, -0.05) is 30.3 Å². The molecule has 1 aromatic heterocycles. The van der Waals surface area contributed by atoms with Gasteiger partial charge in [0.05, 0.1) is 12.8 Å². The van der Waals surface area contributed by atoms with Crippen LogP contribution in [0.5, 0.6) is 0 Å². The fourth-order valence-electron chi connectivity index (χ4n) is 2.00. The van der Waals surface area contributed by atoms with Gasteiger partial charge in [-0.3, -0.25) is 9.69 Å². The summed E-state index contributed by atoms with van der Waals surface area (Å²) in [7, 11) is 3.79. The number of hydrogen-bond donors (Lipinski definition) is 1. The summed E-state index contributed by atoms with van der Waals surface area (Å²) in [5, 5.41) is 2.89. The fraction of sp³-hybridized carbons (Fsp3) is 0.267. The van der Waals surface area contributed by atoms with Gasteiger partial charge in [-0.25, -0.2) is 0 Å². The molecule has 19 heavy (non-hydrogen) atoms. The molecule has 1 heterocycles. The maximum Gasteiger partial charge on any atom is 0.242 e. The Morgan fingerprint density at radius 2 is 1.95 bits per heavy atom. The summed E-state index contributed by atoms with van der Waals surface area (Å²) in [6, 6.07) is 13.1. The van der Waals surface area contributed by atoms with Gasteiger partial charge in [0.25, 0.3) is 0 Å². The van der Waals surface area contributed by atoms with Gasteiger partial charge in [0.15, 0.2) is 0 Å². The van der Waals surface area contributed by atoms with Crippen LogP contribution >= 0.6 is 0 Å². The van der Waals surface area contributed by atoms with Crippen molar-refractivity contribution in [2.24, 2.45) is 0 Å². The van der Waals surface area contributed by atoms with Gasteiger partial charge in [-0.2, -0.15) is 0 Å². The maximum atomic E-state index is 12.3. The highest BCUT2D eigenvalue weighted by Gasteiger charge is 2.22. The van der Waals surface area contributed by atoms with Crippen LogP contribution in [0.1, 0.15) is 17.4 Å². The lowest BCUT2D eigenvalue weighted by Crippen LogP contribution is -2.36. The lowest BCUT2D eigenvalue weighted by atomic mass is 10.1. The number of nitrogens with zero attached hydrogens (tertiary/aromatic N) is 1. The van der Waals surface area contributed by atoms with E-state index in [1.165, 1.54) is 0 Å². The van der Waals surface area contributed by atoms with Gasteiger partial charge >= 0.3 is 0 Å². The highest BCUT2D eigenvalue weighted by Crippen LogP contribution is 2.18. The smallest absolute Gasteiger partial charge is 0.242 e. The van der Waals surface area contributed by atoms with Crippen molar-refractivity contribution < 1.29 is 9.21 Å². The SMILES string of the molecule is CN(C)C(C(=O)NCc1ccco1)c1ccccc1. The van der Waals surface area contributed by atoms with E-state index in [4.69, 9.17) is 4.42 Å². The molecule has 0 radical (unpaired) electrons. The molecule has 2 rings (SSSR count). The minimum absolute atomic E-state index is 0.0346. The van der Waals surface area contributed by atoms with Crippen LogP contribution in [-0.2, 0) is 11.3 Å². The van der Waals surface area contributed by atoms with E-state index in [1.807, 2.05) is 61.5 Å². The van der Waals surface area contributed by atoms with E-state index in [0.717, 1.165) is 11.3 Å². The Hall–Kier alpha value is -2.07. The third-order valence-corrected chi connectivity index (χ3v) is 2.90. The third kappa shape index (κ3) is 3.45. The van der Waals surface area contributed by atoms with Crippen molar-refractivity contribution in [3.05, 3.63) is 60.1 Å². The number of nitrogens with one attached hydrogen (secondary N) is 1. The number of carbonyl (C=O) groups excluding carboxylic acids is 1. The number of amides is 1. The summed E-state index contributed by atoms with van der Waals surface area (Å²) in [4.78, 5) is 14.2. The zero-order valence-electron chi connectivity index (χ0n) is 11.2. The molecule has 0 aliphatic carbocycles. The molecule has 1 unspecified atom stereocenters. The van der Waals surface area contributed by atoms with E-state index in [0.29, 0.717) is 6.54 Å². The van der Waals surface area contributed by atoms with E-state index >= 15 is 0 Å². The Morgan fingerprint density at radius 3 is 2.53 bits per heavy atom. The number of benzene rings is 1. The molecule has 1 aromatic carbocycles. The molecule has 0 aliphatic rings. The van der Waals surface area contributed by atoms with Crippen LogP contribution in [0.25, 0.3) is 0 Å². The van der Waals surface area contributed by atoms with Crippen molar-refractivity contribution in [2.45, 2.75) is 12.6 Å². The molecular weight excluding hydrogens is 240 g/mol. The van der Waals surface area contributed by atoms with Crippen LogP contribution in [-0.4, -0.2) is 24.9 Å². The van der Waals surface area contributed by atoms with Crippen LogP contribution in [0.2, 0.25) is 0 Å². The summed E-state index contributed by atoms with van der Waals surface area (Å²) in [5.74, 6) is 0.714. The number of furan rings is 1. The lowest BCUT2D eigenvalue weighted by molar-refractivity contribution is -0.126. The van der Waals surface area contributed by atoms with Crippen LogP contribution in [0.3, 0.4) is 0 Å². The standard InChI is InChI=1S/C15H18N2O2/c1-17(2)14(12-7-4-3-5-8-12)15(18)16-11-13-9-6-10-19-13/h3-10,14H,11H2,1-2H3,(H,16,18). The van der Waals surface area contributed by atoms with Crippen molar-refractivity contribution in [3.8, 4) is 0 Å². The Balaban J connectivity index is 2.05. The van der Waals surface area contributed by atoms with E-state index in [9.17, 15) is 4.79 Å². The van der Waals surface area contributed by atoms with Crippen molar-refractivity contribution in [2.75, 3.05) is 14.1 Å². The van der Waals surface area contributed by atoms with Gasteiger partial charge < -0.3 is 9.73 Å². The van der Waals surface area contributed by atoms with Crippen LogP contribution in [0.15, 0.2) is 53.1 Å². The predicted octanol–water partition coefficient (Wildman–Crippen LogP) is 2.20. The van der Waals surface area contributed by atoms with Gasteiger partial charge in [0.2, 0.25) is 5.91 Å². The fourth-order valence-corrected chi connectivity index (χ4v) is 2.00. The monoisotopic (exact) mass is 258 g/mol. The quantitative estimate of drug-likeness (QED) is 0.894. The molecule has 0 spiro atoms. The normalized spacial score (nSPS) is 12.4. The largest absolute Gasteiger partial charge is 0.467 e. The second-order valence-electron chi connectivity index (χ2n) is 4.57. The van der Waals surface area contributed by atoms with Crippen LogP contribution < -0.4 is 5.32 Å². The Kier molecular flexibility index (Phi) is 4.36. The van der Waals surface area contributed by atoms with E-state index in [2.05, 4.69) is 5.32 Å². The van der Waals surface area contributed by atoms with E-state index in [1.54, 1.807) is 6.26 Å². The van der Waals surface area contributed by atoms with Gasteiger partial charge in [-0.15, -0.1) is 0 Å². The van der Waals surface area contributed by atoms with Crippen LogP contribution in [0, 0.1) is 0 Å². The third-order valence-electron chi connectivity index (χ3n) is 2.90. The maximum absolute atomic E-state index is 12.3. The lowest BCUT2D eigenvalue weighted by Gasteiger charge is -2.23. The summed E-state index contributed by atoms with van der Waals surface area (Å²) in [5.41, 5.74) is 0.976. The van der Waals surface area contributed by atoms with Gasteiger partial charge in [0.1, 0.15) is 11.8 Å². The highest BCUT2D eigenvalue weighted by atomic mass is 16.3. The first-order chi connectivity index (χ1) is 9.18. The number of carbonyl (C=O) groups is 1. The molecule has 0 aliphatic heterocycles. The first-order valence-electron chi connectivity index (χ1n) is 6.20. The Morgan fingerprint density at radius 1 is 1.21 bits per heavy atom. The summed E-state index contributed by atoms with van der Waals surface area (Å²) >= 11 is 0. The molecule has 0 saturated heterocycles. The zero-order chi connectivity index (χ0) is 13.7. The van der Waals surface area contributed by atoms with Crippen LogP contribution in [0.4, 0.5) is 0 Å². The minimum Gasteiger partial charge on any atom is -0.467 e. The summed E-state index contributed by atoms with van der Waals surface area (Å²) in [6.07, 6.45) is 1.60. The Labute approximate surface area is 113 Å². The molecule has 1 atom stereocenters. The summed E-state index contributed by atoms with van der Waals surface area (Å²) in [6.45, 7) is 0.406. The topological polar surface area (TPSA) is 45.5 Å². The first kappa shape index (κ1) is 13.4. The number of rotatable bonds is 5. The second-order valence-corrected chi connectivity index (χ2v) is 4.57. The second kappa shape index (κ2) is 6.20. The molecule has 0 fully saturated rings. The zero-order valence-corrected chi connectivity index (χ0v) is 11.2. The average Bonchev–Trinajstić information content (AvgIpc) is 2.90. The van der Waals surface area contributed by atoms with Gasteiger partial charge in [-0.05, 0) is 31.8 Å². The Bertz CT molecular complexity index is 506.